The van der Waals surface area contributed by atoms with Gasteiger partial charge in [0.25, 0.3) is 5.91 Å². The summed E-state index contributed by atoms with van der Waals surface area (Å²) in [5.74, 6) is -1.14. The Bertz CT molecular complexity index is 518. The highest BCUT2D eigenvalue weighted by Gasteiger charge is 2.34. The summed E-state index contributed by atoms with van der Waals surface area (Å²) in [5, 5.41) is 2.66. The second kappa shape index (κ2) is 4.60. The van der Waals surface area contributed by atoms with Crippen molar-refractivity contribution >= 4 is 23.3 Å². The van der Waals surface area contributed by atoms with Gasteiger partial charge >= 0.3 is 0 Å². The molecule has 1 aliphatic rings. The lowest BCUT2D eigenvalue weighted by atomic mass is 9.93. The van der Waals surface area contributed by atoms with Crippen molar-refractivity contribution in [3.63, 3.8) is 0 Å². The van der Waals surface area contributed by atoms with Crippen LogP contribution in [0.2, 0.25) is 0 Å². The van der Waals surface area contributed by atoms with Crippen molar-refractivity contribution in [2.45, 2.75) is 13.8 Å². The van der Waals surface area contributed by atoms with E-state index in [9.17, 15) is 9.59 Å². The molecule has 1 aromatic rings. The van der Waals surface area contributed by atoms with Crippen molar-refractivity contribution in [1.29, 1.82) is 0 Å². The topological polar surface area (TPSA) is 84.6 Å². The molecule has 0 fully saturated rings. The molecule has 0 saturated carbocycles. The Balaban J connectivity index is 2.32. The molecule has 2 amide bonds. The molecule has 18 heavy (non-hydrogen) atoms. The molecular formula is C13H15N3O2. The molecule has 1 atom stereocenters. The van der Waals surface area contributed by atoms with Crippen LogP contribution in [0.25, 0.3) is 0 Å². The second-order valence-corrected chi connectivity index (χ2v) is 4.63. The number of carbonyl (C=O) groups is 2. The zero-order valence-electron chi connectivity index (χ0n) is 10.3. The summed E-state index contributed by atoms with van der Waals surface area (Å²) >= 11 is 0. The summed E-state index contributed by atoms with van der Waals surface area (Å²) in [4.78, 5) is 27.6. The molecule has 5 nitrogen and oxygen atoms in total. The normalized spacial score (nSPS) is 19.7. The molecule has 0 aliphatic carbocycles. The number of rotatable bonds is 2. The Morgan fingerprint density at radius 1 is 1.22 bits per heavy atom. The number of amides is 2. The van der Waals surface area contributed by atoms with E-state index in [4.69, 9.17) is 5.73 Å². The van der Waals surface area contributed by atoms with Crippen molar-refractivity contribution in [2.24, 2.45) is 16.8 Å². The third-order valence-corrected chi connectivity index (χ3v) is 2.86. The number of nitrogen functional groups attached to an aromatic ring is 1. The maximum absolute atomic E-state index is 11.9. The Morgan fingerprint density at radius 3 is 2.33 bits per heavy atom. The van der Waals surface area contributed by atoms with Crippen molar-refractivity contribution in [3.8, 4) is 0 Å². The van der Waals surface area contributed by atoms with Crippen molar-refractivity contribution in [3.05, 3.63) is 29.8 Å². The summed E-state index contributed by atoms with van der Waals surface area (Å²) < 4.78 is 0. The average molecular weight is 245 g/mol. The highest BCUT2D eigenvalue weighted by Crippen LogP contribution is 2.18. The maximum atomic E-state index is 11.9. The van der Waals surface area contributed by atoms with Crippen molar-refractivity contribution < 1.29 is 9.59 Å². The van der Waals surface area contributed by atoms with Gasteiger partial charge < -0.3 is 11.1 Å². The number of hydrogen-bond acceptors (Lipinski definition) is 3. The number of anilines is 1. The van der Waals surface area contributed by atoms with Crippen LogP contribution in [0.1, 0.15) is 19.4 Å². The molecule has 5 heteroatoms. The third-order valence-electron chi connectivity index (χ3n) is 2.86. The smallest absolute Gasteiger partial charge is 0.260 e. The van der Waals surface area contributed by atoms with Crippen LogP contribution in [-0.2, 0) is 9.59 Å². The van der Waals surface area contributed by atoms with Crippen molar-refractivity contribution in [2.75, 3.05) is 5.73 Å². The van der Waals surface area contributed by atoms with Gasteiger partial charge in [0, 0.05) is 11.3 Å². The number of aliphatic imine (C=N–C) groups is 1. The molecule has 0 saturated heterocycles. The lowest BCUT2D eigenvalue weighted by molar-refractivity contribution is -0.135. The minimum atomic E-state index is -0.692. The Labute approximate surface area is 105 Å². The number of hydrogen-bond donors (Lipinski definition) is 2. The predicted octanol–water partition coefficient (Wildman–Crippen LogP) is 0.944. The van der Waals surface area contributed by atoms with Gasteiger partial charge in [-0.25, -0.2) is 0 Å². The molecule has 1 aromatic carbocycles. The highest BCUT2D eigenvalue weighted by atomic mass is 16.2. The van der Waals surface area contributed by atoms with Crippen LogP contribution in [0.5, 0.6) is 0 Å². The Morgan fingerprint density at radius 2 is 1.83 bits per heavy atom. The van der Waals surface area contributed by atoms with Gasteiger partial charge in [0.15, 0.2) is 0 Å². The molecule has 3 N–H and O–H groups in total. The molecule has 0 bridgehead atoms. The van der Waals surface area contributed by atoms with Gasteiger partial charge in [-0.05, 0) is 30.2 Å². The van der Waals surface area contributed by atoms with Gasteiger partial charge in [0.1, 0.15) is 11.8 Å². The number of nitrogens with zero attached hydrogens (tertiary/aromatic N) is 1. The molecule has 0 spiro atoms. The first kappa shape index (κ1) is 12.3. The van der Waals surface area contributed by atoms with Crippen LogP contribution in [0, 0.1) is 11.8 Å². The van der Waals surface area contributed by atoms with E-state index < -0.39 is 5.92 Å². The first-order valence-corrected chi connectivity index (χ1v) is 5.78. The maximum Gasteiger partial charge on any atom is 0.260 e. The third kappa shape index (κ3) is 2.25. The van der Waals surface area contributed by atoms with Crippen LogP contribution < -0.4 is 11.1 Å². The van der Waals surface area contributed by atoms with Gasteiger partial charge in [-0.3, -0.25) is 9.59 Å². The van der Waals surface area contributed by atoms with E-state index in [1.54, 1.807) is 24.3 Å². The molecule has 1 heterocycles. The second-order valence-electron chi connectivity index (χ2n) is 4.63. The number of benzene rings is 1. The largest absolute Gasteiger partial charge is 0.399 e. The van der Waals surface area contributed by atoms with E-state index in [1.807, 2.05) is 13.8 Å². The molecule has 1 unspecified atom stereocenters. The number of nitrogens with one attached hydrogen (secondary N) is 1. The van der Waals surface area contributed by atoms with Crippen molar-refractivity contribution in [1.82, 2.24) is 5.32 Å². The first-order chi connectivity index (χ1) is 8.49. The van der Waals surface area contributed by atoms with Crippen LogP contribution >= 0.6 is 0 Å². The lowest BCUT2D eigenvalue weighted by Crippen LogP contribution is -2.46. The summed E-state index contributed by atoms with van der Waals surface area (Å²) in [6.45, 7) is 3.65. The number of amidine groups is 1. The molecule has 0 radical (unpaired) electrons. The number of carbonyl (C=O) groups excluding carboxylic acids is 2. The summed E-state index contributed by atoms with van der Waals surface area (Å²) in [6, 6.07) is 6.83. The van der Waals surface area contributed by atoms with Gasteiger partial charge in [-0.15, -0.1) is 0 Å². The van der Waals surface area contributed by atoms with Gasteiger partial charge in [-0.2, -0.15) is 4.99 Å². The fourth-order valence-electron chi connectivity index (χ4n) is 1.88. The van der Waals surface area contributed by atoms with E-state index in [-0.39, 0.29) is 17.7 Å². The standard InChI is InChI=1S/C13H15N3O2/c1-7(2)10-12(17)15-11(16-13(10)18)8-3-5-9(14)6-4-8/h3-7,10H,14H2,1-2H3,(H,15,16,17,18). The van der Waals surface area contributed by atoms with Crippen LogP contribution in [0.4, 0.5) is 5.69 Å². The predicted molar refractivity (Wildman–Crippen MR) is 68.9 cm³/mol. The van der Waals surface area contributed by atoms with E-state index in [0.717, 1.165) is 0 Å². The summed E-state index contributed by atoms with van der Waals surface area (Å²) in [6.07, 6.45) is 0. The Kier molecular flexibility index (Phi) is 3.14. The fraction of sp³-hybridized carbons (Fsp3) is 0.308. The summed E-state index contributed by atoms with van der Waals surface area (Å²) in [7, 11) is 0. The minimum absolute atomic E-state index is 0.0609. The van der Waals surface area contributed by atoms with Gasteiger partial charge in [0.05, 0.1) is 0 Å². The quantitative estimate of drug-likeness (QED) is 0.600. The van der Waals surface area contributed by atoms with E-state index in [1.165, 1.54) is 0 Å². The van der Waals surface area contributed by atoms with Gasteiger partial charge in [-0.1, -0.05) is 13.8 Å². The number of nitrogens with two attached hydrogens (primary N) is 1. The molecule has 1 aliphatic heterocycles. The summed E-state index contributed by atoms with van der Waals surface area (Å²) in [5.41, 5.74) is 6.87. The highest BCUT2D eigenvalue weighted by molar-refractivity contribution is 6.20. The van der Waals surface area contributed by atoms with E-state index in [0.29, 0.717) is 17.1 Å². The fourth-order valence-corrected chi connectivity index (χ4v) is 1.88. The SMILES string of the molecule is CC(C)C1C(=O)N=C(c2ccc(N)cc2)NC1=O. The molecular weight excluding hydrogens is 230 g/mol. The van der Waals surface area contributed by atoms with Crippen LogP contribution in [0.3, 0.4) is 0 Å². The monoisotopic (exact) mass is 245 g/mol. The first-order valence-electron chi connectivity index (χ1n) is 5.78. The van der Waals surface area contributed by atoms with E-state index >= 15 is 0 Å². The van der Waals surface area contributed by atoms with Crippen LogP contribution in [-0.4, -0.2) is 17.6 Å². The van der Waals surface area contributed by atoms with Crippen LogP contribution in [0.15, 0.2) is 29.3 Å². The zero-order chi connectivity index (χ0) is 13.3. The average Bonchev–Trinajstić information content (AvgIpc) is 2.28. The molecule has 2 rings (SSSR count). The Hall–Kier alpha value is -2.17. The van der Waals surface area contributed by atoms with Gasteiger partial charge in [0.2, 0.25) is 5.91 Å². The van der Waals surface area contributed by atoms with E-state index in [2.05, 4.69) is 10.3 Å². The molecule has 94 valence electrons. The minimum Gasteiger partial charge on any atom is -0.399 e. The zero-order valence-corrected chi connectivity index (χ0v) is 10.3. The molecule has 0 aromatic heterocycles. The lowest BCUT2D eigenvalue weighted by Gasteiger charge is -2.22.